The highest BCUT2D eigenvalue weighted by Crippen LogP contribution is 2.26. The van der Waals surface area contributed by atoms with E-state index < -0.39 is 12.0 Å². The van der Waals surface area contributed by atoms with Gasteiger partial charge in [0.25, 0.3) is 0 Å². The van der Waals surface area contributed by atoms with Gasteiger partial charge in [0.1, 0.15) is 11.7 Å². The lowest BCUT2D eigenvalue weighted by molar-refractivity contribution is -0.139. The zero-order valence-corrected chi connectivity index (χ0v) is 14.1. The number of hydrogen-bond donors (Lipinski definition) is 2. The molecule has 2 aromatic rings. The van der Waals surface area contributed by atoms with E-state index in [0.717, 1.165) is 5.69 Å². The van der Waals surface area contributed by atoms with Gasteiger partial charge in [0.15, 0.2) is 5.11 Å². The Kier molecular flexibility index (Phi) is 4.57. The van der Waals surface area contributed by atoms with Crippen molar-refractivity contribution < 1.29 is 9.53 Å². The number of hydrogen-bond acceptors (Lipinski definition) is 5. The lowest BCUT2D eigenvalue weighted by atomic mass is 10.0. The van der Waals surface area contributed by atoms with Gasteiger partial charge in [-0.1, -0.05) is 18.2 Å². The van der Waals surface area contributed by atoms with E-state index in [1.54, 1.807) is 20.0 Å². The van der Waals surface area contributed by atoms with Crippen LogP contribution >= 0.6 is 12.2 Å². The van der Waals surface area contributed by atoms with Crippen molar-refractivity contribution in [2.45, 2.75) is 19.9 Å². The lowest BCUT2D eigenvalue weighted by Crippen LogP contribution is -2.45. The summed E-state index contributed by atoms with van der Waals surface area (Å²) >= 11 is 5.20. The van der Waals surface area contributed by atoms with Gasteiger partial charge < -0.3 is 15.4 Å². The Balaban J connectivity index is 1.97. The minimum atomic E-state index is -0.504. The van der Waals surface area contributed by atoms with Crippen molar-refractivity contribution in [1.29, 1.82) is 0 Å². The van der Waals surface area contributed by atoms with Crippen molar-refractivity contribution in [3.05, 3.63) is 53.5 Å². The summed E-state index contributed by atoms with van der Waals surface area (Å²) in [5, 5.41) is 15.2. The second kappa shape index (κ2) is 6.79. The lowest BCUT2D eigenvalue weighted by Gasteiger charge is -2.28. The summed E-state index contributed by atoms with van der Waals surface area (Å²) in [5.74, 6) is -0.406. The van der Waals surface area contributed by atoms with Crippen LogP contribution in [0.5, 0.6) is 0 Å². The molecule has 1 aliphatic rings. The van der Waals surface area contributed by atoms with E-state index in [1.165, 1.54) is 4.80 Å². The molecule has 1 aromatic carbocycles. The van der Waals surface area contributed by atoms with Crippen LogP contribution in [0, 0.1) is 0 Å². The number of thiocarbonyl (C=S) groups is 1. The Morgan fingerprint density at radius 2 is 2.12 bits per heavy atom. The van der Waals surface area contributed by atoms with E-state index in [9.17, 15) is 4.79 Å². The topological polar surface area (TPSA) is 81.1 Å². The highest BCUT2D eigenvalue weighted by Gasteiger charge is 2.32. The number of nitrogens with one attached hydrogen (secondary N) is 2. The molecule has 0 saturated heterocycles. The second-order valence-electron chi connectivity index (χ2n) is 5.19. The number of benzene rings is 1. The molecular formula is C16H17N5O2S. The molecule has 0 saturated carbocycles. The van der Waals surface area contributed by atoms with Crippen molar-refractivity contribution >= 4 is 23.3 Å². The van der Waals surface area contributed by atoms with Gasteiger partial charge in [-0.2, -0.15) is 15.0 Å². The maximum atomic E-state index is 12.3. The molecule has 1 atom stereocenters. The summed E-state index contributed by atoms with van der Waals surface area (Å²) in [6, 6.07) is 9.03. The summed E-state index contributed by atoms with van der Waals surface area (Å²) in [6.45, 7) is 3.85. The first-order valence-corrected chi connectivity index (χ1v) is 7.94. The van der Waals surface area contributed by atoms with Crippen LogP contribution in [0.1, 0.15) is 25.6 Å². The molecule has 24 heavy (non-hydrogen) atoms. The van der Waals surface area contributed by atoms with Crippen LogP contribution in [0.3, 0.4) is 0 Å². The average Bonchev–Trinajstić information content (AvgIpc) is 3.05. The summed E-state index contributed by atoms with van der Waals surface area (Å²) in [4.78, 5) is 13.8. The van der Waals surface area contributed by atoms with Crippen LogP contribution in [-0.4, -0.2) is 32.7 Å². The van der Waals surface area contributed by atoms with Gasteiger partial charge in [0.2, 0.25) is 0 Å². The third kappa shape index (κ3) is 3.13. The number of carbonyl (C=O) groups is 1. The monoisotopic (exact) mass is 343 g/mol. The maximum Gasteiger partial charge on any atom is 0.338 e. The first-order chi connectivity index (χ1) is 11.6. The number of carbonyl (C=O) groups excluding carboxylic acids is 1. The van der Waals surface area contributed by atoms with Crippen molar-refractivity contribution in [1.82, 2.24) is 25.6 Å². The maximum absolute atomic E-state index is 12.3. The largest absolute Gasteiger partial charge is 0.463 e. The minimum Gasteiger partial charge on any atom is -0.463 e. The standard InChI is InChI=1S/C16H17N5O2S/c1-3-23-15(22)13-10(2)18-16(24)19-14(13)12-9-17-21(20-12)11-7-5-4-6-8-11/h4-9,14H,3H2,1-2H3,(H2,18,19,24). The smallest absolute Gasteiger partial charge is 0.338 e. The van der Waals surface area contributed by atoms with Gasteiger partial charge >= 0.3 is 5.97 Å². The van der Waals surface area contributed by atoms with Crippen LogP contribution in [0.4, 0.5) is 0 Å². The molecule has 0 bridgehead atoms. The zero-order valence-electron chi connectivity index (χ0n) is 13.3. The van der Waals surface area contributed by atoms with E-state index in [1.807, 2.05) is 30.3 Å². The minimum absolute atomic E-state index is 0.295. The molecule has 2 N–H and O–H groups in total. The molecule has 0 spiro atoms. The molecule has 0 radical (unpaired) electrons. The summed E-state index contributed by atoms with van der Waals surface area (Å²) < 4.78 is 5.16. The van der Waals surface area contributed by atoms with Crippen LogP contribution in [0.15, 0.2) is 47.8 Å². The fourth-order valence-electron chi connectivity index (χ4n) is 2.49. The second-order valence-corrected chi connectivity index (χ2v) is 5.59. The molecule has 0 aliphatic carbocycles. The van der Waals surface area contributed by atoms with Crippen molar-refractivity contribution in [2.24, 2.45) is 0 Å². The van der Waals surface area contributed by atoms with Crippen molar-refractivity contribution in [3.63, 3.8) is 0 Å². The predicted molar refractivity (Wildman–Crippen MR) is 92.3 cm³/mol. The fraction of sp³-hybridized carbons (Fsp3) is 0.250. The van der Waals surface area contributed by atoms with Gasteiger partial charge in [-0.3, -0.25) is 0 Å². The third-order valence-corrected chi connectivity index (χ3v) is 3.78. The molecule has 7 nitrogen and oxygen atoms in total. The number of ether oxygens (including phenoxy) is 1. The average molecular weight is 343 g/mol. The first kappa shape index (κ1) is 16.1. The van der Waals surface area contributed by atoms with Crippen LogP contribution < -0.4 is 10.6 Å². The highest BCUT2D eigenvalue weighted by molar-refractivity contribution is 7.80. The number of allylic oxidation sites excluding steroid dienone is 1. The molecule has 0 fully saturated rings. The molecule has 3 rings (SSSR count). The predicted octanol–water partition coefficient (Wildman–Crippen LogP) is 1.62. The Labute approximate surface area is 144 Å². The normalized spacial score (nSPS) is 17.2. The number of rotatable bonds is 4. The zero-order chi connectivity index (χ0) is 17.1. The SMILES string of the molecule is CCOC(=O)C1=C(C)NC(=S)NC1c1cnn(-c2ccccc2)n1. The molecule has 0 amide bonds. The van der Waals surface area contributed by atoms with Gasteiger partial charge in [-0.15, -0.1) is 0 Å². The molecular weight excluding hydrogens is 326 g/mol. The first-order valence-electron chi connectivity index (χ1n) is 7.53. The molecule has 1 aliphatic heterocycles. The Hall–Kier alpha value is -2.74. The van der Waals surface area contributed by atoms with Gasteiger partial charge in [0.05, 0.1) is 24.1 Å². The Bertz CT molecular complexity index is 800. The summed E-state index contributed by atoms with van der Waals surface area (Å²) in [5.41, 5.74) is 2.52. The van der Waals surface area contributed by atoms with Crippen LogP contribution in [0.25, 0.3) is 5.69 Å². The molecule has 1 unspecified atom stereocenters. The Morgan fingerprint density at radius 3 is 2.83 bits per heavy atom. The van der Waals surface area contributed by atoms with E-state index >= 15 is 0 Å². The van der Waals surface area contributed by atoms with E-state index in [4.69, 9.17) is 17.0 Å². The number of esters is 1. The highest BCUT2D eigenvalue weighted by atomic mass is 32.1. The van der Waals surface area contributed by atoms with Crippen molar-refractivity contribution in [2.75, 3.05) is 6.61 Å². The fourth-order valence-corrected chi connectivity index (χ4v) is 2.76. The summed E-state index contributed by atoms with van der Waals surface area (Å²) in [7, 11) is 0. The Morgan fingerprint density at radius 1 is 1.38 bits per heavy atom. The van der Waals surface area contributed by atoms with Gasteiger partial charge in [-0.25, -0.2) is 4.79 Å². The number of nitrogens with zero attached hydrogens (tertiary/aromatic N) is 3. The molecule has 124 valence electrons. The van der Waals surface area contributed by atoms with E-state index in [2.05, 4.69) is 20.8 Å². The quantitative estimate of drug-likeness (QED) is 0.645. The van der Waals surface area contributed by atoms with Gasteiger partial charge in [-0.05, 0) is 38.2 Å². The van der Waals surface area contributed by atoms with E-state index in [-0.39, 0.29) is 0 Å². The molecule has 2 heterocycles. The molecule has 8 heteroatoms. The van der Waals surface area contributed by atoms with Crippen LogP contribution in [0.2, 0.25) is 0 Å². The van der Waals surface area contributed by atoms with Crippen molar-refractivity contribution in [3.8, 4) is 5.69 Å². The van der Waals surface area contributed by atoms with Crippen LogP contribution in [-0.2, 0) is 9.53 Å². The van der Waals surface area contributed by atoms with Gasteiger partial charge in [0, 0.05) is 5.70 Å². The summed E-state index contributed by atoms with van der Waals surface area (Å²) in [6.07, 6.45) is 1.62. The third-order valence-electron chi connectivity index (χ3n) is 3.56. The number of para-hydroxylation sites is 1. The van der Waals surface area contributed by atoms with E-state index in [0.29, 0.717) is 28.7 Å². The number of aromatic nitrogens is 3. The molecule has 1 aromatic heterocycles.